The van der Waals surface area contributed by atoms with Crippen LogP contribution in [0.2, 0.25) is 0 Å². The van der Waals surface area contributed by atoms with Crippen LogP contribution >= 0.6 is 0 Å². The zero-order chi connectivity index (χ0) is 30.1. The molecule has 2 fully saturated rings. The van der Waals surface area contributed by atoms with Crippen LogP contribution in [0.3, 0.4) is 0 Å². The maximum Gasteiger partial charge on any atom is 0.416 e. The normalized spacial score (nSPS) is 20.3. The number of benzene rings is 1. The van der Waals surface area contributed by atoms with Gasteiger partial charge in [-0.2, -0.15) is 18.9 Å². The number of amidine groups is 1. The summed E-state index contributed by atoms with van der Waals surface area (Å²) in [5.41, 5.74) is 2.72. The monoisotopic (exact) mass is 710 g/mol. The number of ether oxygens (including phenoxy) is 1. The summed E-state index contributed by atoms with van der Waals surface area (Å²) < 4.78 is 48.7. The third-order valence-electron chi connectivity index (χ3n) is 8.36. The maximum absolute atomic E-state index is 14.4. The first kappa shape index (κ1) is 33.7. The number of amides is 1. The summed E-state index contributed by atoms with van der Waals surface area (Å²) in [5.74, 6) is 7.40. The van der Waals surface area contributed by atoms with E-state index in [1.165, 1.54) is 11.0 Å². The van der Waals surface area contributed by atoms with Crippen LogP contribution in [0.1, 0.15) is 58.8 Å². The molecule has 1 aromatic heterocycles. The number of nitrogens with two attached hydrogens (primary N) is 1. The number of hydrogen-bond acceptors (Lipinski definition) is 8. The topological polar surface area (TPSA) is 108 Å². The molecule has 0 radical (unpaired) electrons. The molecule has 2 saturated heterocycles. The van der Waals surface area contributed by atoms with E-state index in [0.29, 0.717) is 61.6 Å². The minimum Gasteiger partial charge on any atom is -0.791 e. The second kappa shape index (κ2) is 13.8. The molecule has 0 bridgehead atoms. The standard InChI is InChI=1S/C29H38F3N7O2S.Pd/c1-18-4-3-6-38(13-18)14-19-8-21-22(23(9-19)29(30,31)32)15-39(27(21)40)26-11-20(10-24(36-26)35-5-7-42)28(16-41-17-28)12-25(34-2)37-33;/h8-11,18,42H,3-7,12-17,33H2,1-2H3,(H,34,37)(H,35,36);/p-1/t18-;/m0./s1. The molecule has 14 heteroatoms. The van der Waals surface area contributed by atoms with E-state index in [0.717, 1.165) is 31.5 Å². The first-order valence-electron chi connectivity index (χ1n) is 14.2. The van der Waals surface area contributed by atoms with Gasteiger partial charge in [-0.1, -0.05) is 6.92 Å². The van der Waals surface area contributed by atoms with Crippen LogP contribution < -0.4 is 21.5 Å². The fourth-order valence-electron chi connectivity index (χ4n) is 6.15. The minimum absolute atomic E-state index is 0. The molecule has 1 atom stereocenters. The number of piperidine rings is 1. The van der Waals surface area contributed by atoms with Crippen molar-refractivity contribution in [3.63, 3.8) is 0 Å². The Morgan fingerprint density at radius 2 is 2.05 bits per heavy atom. The first-order chi connectivity index (χ1) is 20.1. The molecule has 4 N–H and O–H groups in total. The number of fused-ring (bicyclic) bond motifs is 1. The van der Waals surface area contributed by atoms with Gasteiger partial charge < -0.3 is 28.1 Å². The smallest absolute Gasteiger partial charge is 0.416 e. The number of carbonyl (C=O) groups excluding carboxylic acids is 1. The van der Waals surface area contributed by atoms with Gasteiger partial charge in [0.15, 0.2) is 0 Å². The number of hydrazine groups is 1. The van der Waals surface area contributed by atoms with Gasteiger partial charge in [-0.3, -0.25) is 19.6 Å². The number of carbonyl (C=O) groups is 1. The van der Waals surface area contributed by atoms with Crippen LogP contribution in [0, 0.1) is 5.92 Å². The molecule has 0 spiro atoms. The van der Waals surface area contributed by atoms with Gasteiger partial charge in [-0.15, -0.1) is 0 Å². The van der Waals surface area contributed by atoms with Crippen molar-refractivity contribution in [2.24, 2.45) is 16.8 Å². The van der Waals surface area contributed by atoms with E-state index in [2.05, 4.69) is 32.5 Å². The van der Waals surface area contributed by atoms with Crippen molar-refractivity contribution in [2.45, 2.75) is 50.9 Å². The van der Waals surface area contributed by atoms with Crippen molar-refractivity contribution >= 4 is 36.0 Å². The van der Waals surface area contributed by atoms with Gasteiger partial charge in [0.05, 0.1) is 25.3 Å². The van der Waals surface area contributed by atoms with Crippen LogP contribution in [0.15, 0.2) is 29.3 Å². The number of hydrogen-bond donors (Lipinski definition) is 3. The van der Waals surface area contributed by atoms with E-state index in [1.807, 2.05) is 6.07 Å². The summed E-state index contributed by atoms with van der Waals surface area (Å²) in [6.07, 6.45) is -2.03. The number of rotatable bonds is 9. The number of nitrogens with one attached hydrogen (secondary N) is 2. The number of anilines is 2. The number of likely N-dealkylation sites (tertiary alicyclic amines) is 1. The number of pyridine rings is 1. The molecule has 238 valence electrons. The molecular formula is C29H37F3N7O2PdS-. The van der Waals surface area contributed by atoms with Gasteiger partial charge in [-0.25, -0.2) is 10.8 Å². The zero-order valence-corrected chi connectivity index (χ0v) is 26.6. The SMILES string of the molecule is CN=C(CC1(c2cc(NCC[S-])nc(N3Cc4c(cc(CN5CCC[C@H](C)C5)cc4C(F)(F)F)C3=O)c2)COC1)NN.[Pd]. The quantitative estimate of drug-likeness (QED) is 0.0906. The Hall–Kier alpha value is -2.21. The Morgan fingerprint density at radius 1 is 1.28 bits per heavy atom. The van der Waals surface area contributed by atoms with Gasteiger partial charge in [0.2, 0.25) is 0 Å². The minimum atomic E-state index is -4.60. The van der Waals surface area contributed by atoms with Crippen LogP contribution in [0.5, 0.6) is 0 Å². The van der Waals surface area contributed by atoms with E-state index in [1.54, 1.807) is 19.2 Å². The second-order valence-electron chi connectivity index (χ2n) is 11.5. The van der Waals surface area contributed by atoms with Gasteiger partial charge in [-0.05, 0) is 72.8 Å². The second-order valence-corrected chi connectivity index (χ2v) is 11.9. The van der Waals surface area contributed by atoms with Crippen molar-refractivity contribution in [2.75, 3.05) is 55.9 Å². The summed E-state index contributed by atoms with van der Waals surface area (Å²) in [5, 5.41) is 3.18. The number of nitrogens with zero attached hydrogens (tertiary/aromatic N) is 4. The van der Waals surface area contributed by atoms with E-state index in [9.17, 15) is 18.0 Å². The summed E-state index contributed by atoms with van der Waals surface area (Å²) in [6, 6.07) is 6.47. The summed E-state index contributed by atoms with van der Waals surface area (Å²) in [4.78, 5) is 26.2. The van der Waals surface area contributed by atoms with Gasteiger partial charge >= 0.3 is 6.18 Å². The van der Waals surface area contributed by atoms with Crippen molar-refractivity contribution in [3.05, 3.63) is 52.1 Å². The predicted molar refractivity (Wildman–Crippen MR) is 158 cm³/mol. The zero-order valence-electron chi connectivity index (χ0n) is 24.2. The molecule has 9 nitrogen and oxygen atoms in total. The molecule has 43 heavy (non-hydrogen) atoms. The average molecular weight is 711 g/mol. The van der Waals surface area contributed by atoms with Crippen molar-refractivity contribution in [1.82, 2.24) is 15.3 Å². The number of aromatic nitrogens is 1. The predicted octanol–water partition coefficient (Wildman–Crippen LogP) is 3.60. The van der Waals surface area contributed by atoms with Crippen LogP contribution in [0.4, 0.5) is 24.8 Å². The molecule has 1 amide bonds. The average Bonchev–Trinajstić information content (AvgIpc) is 3.26. The Bertz CT molecular complexity index is 1360. The molecule has 3 aliphatic rings. The third-order valence-corrected chi connectivity index (χ3v) is 8.57. The van der Waals surface area contributed by atoms with E-state index in [4.69, 9.17) is 23.2 Å². The van der Waals surface area contributed by atoms with Crippen molar-refractivity contribution in [1.29, 1.82) is 0 Å². The molecule has 0 saturated carbocycles. The Labute approximate surface area is 269 Å². The number of halogens is 3. The fourth-order valence-corrected chi connectivity index (χ4v) is 6.25. The Morgan fingerprint density at radius 3 is 2.65 bits per heavy atom. The molecule has 2 aromatic rings. The Kier molecular flexibility index (Phi) is 10.8. The van der Waals surface area contributed by atoms with E-state index in [-0.39, 0.29) is 43.9 Å². The number of aliphatic imine (C=N–C) groups is 1. The van der Waals surface area contributed by atoms with Crippen LogP contribution in [0.25, 0.3) is 0 Å². The maximum atomic E-state index is 14.4. The van der Waals surface area contributed by atoms with E-state index < -0.39 is 23.1 Å². The first-order valence-corrected chi connectivity index (χ1v) is 14.8. The summed E-state index contributed by atoms with van der Waals surface area (Å²) >= 11 is 5.09. The Balaban J connectivity index is 0.00000423. The van der Waals surface area contributed by atoms with Crippen LogP contribution in [-0.2, 0) is 62.5 Å². The molecule has 3 aliphatic heterocycles. The number of alkyl halides is 3. The molecule has 4 heterocycles. The van der Waals surface area contributed by atoms with Gasteiger partial charge in [0.1, 0.15) is 17.5 Å². The van der Waals surface area contributed by atoms with Gasteiger partial charge in [0, 0.05) is 58.0 Å². The molecule has 5 rings (SSSR count). The molecule has 0 unspecified atom stereocenters. The summed E-state index contributed by atoms with van der Waals surface area (Å²) in [6.45, 7) is 5.20. The molecule has 0 aliphatic carbocycles. The molecular weight excluding hydrogens is 674 g/mol. The third kappa shape index (κ3) is 7.21. The summed E-state index contributed by atoms with van der Waals surface area (Å²) in [7, 11) is 1.63. The van der Waals surface area contributed by atoms with Crippen molar-refractivity contribution in [3.8, 4) is 0 Å². The van der Waals surface area contributed by atoms with Gasteiger partial charge in [0.25, 0.3) is 5.91 Å². The van der Waals surface area contributed by atoms with Crippen molar-refractivity contribution < 1.29 is 43.1 Å². The van der Waals surface area contributed by atoms with Crippen LogP contribution in [-0.4, -0.2) is 67.3 Å². The molecule has 1 aromatic carbocycles. The van der Waals surface area contributed by atoms with E-state index >= 15 is 0 Å². The largest absolute Gasteiger partial charge is 0.791 e. The fraction of sp³-hybridized carbons (Fsp3) is 0.552.